The van der Waals surface area contributed by atoms with E-state index in [9.17, 15) is 0 Å². The summed E-state index contributed by atoms with van der Waals surface area (Å²) < 4.78 is 4.89. The molecule has 0 N–H and O–H groups in total. The number of para-hydroxylation sites is 2. The van der Waals surface area contributed by atoms with E-state index in [0.717, 1.165) is 5.69 Å². The second-order valence-corrected chi connectivity index (χ2v) is 17.7. The lowest BCUT2D eigenvalue weighted by atomic mass is 9.63. The van der Waals surface area contributed by atoms with E-state index in [4.69, 9.17) is 0 Å². The van der Waals surface area contributed by atoms with Gasteiger partial charge in [0.1, 0.15) is 0 Å². The van der Waals surface area contributed by atoms with E-state index in [1.165, 1.54) is 107 Å². The summed E-state index contributed by atoms with van der Waals surface area (Å²) in [6.45, 7) is 9.64. The van der Waals surface area contributed by atoms with E-state index in [-0.39, 0.29) is 10.8 Å². The molecule has 2 nitrogen and oxygen atoms in total. The molecule has 0 saturated heterocycles. The standard InChI is InChI=1S/C56H46N2/c1-55(2)32-33-56(3,4)50-36-44(28-29-49(50)55)58-52-17-11-9-15-46(52)48-35-42(25-31-54(48)58)41-24-30-53-47(34-41)45-14-8-10-16-51(45)57(53)43-26-22-40(23-27-43)39-20-18-38(19-21-39)37-12-6-5-7-13-37/h5-31,34-36H,32-33H2,1-4H3. The van der Waals surface area contributed by atoms with Crippen LogP contribution >= 0.6 is 0 Å². The maximum absolute atomic E-state index is 2.48. The molecule has 0 spiro atoms. The van der Waals surface area contributed by atoms with Crippen LogP contribution in [0.5, 0.6) is 0 Å². The van der Waals surface area contributed by atoms with Crippen molar-refractivity contribution >= 4 is 43.6 Å². The van der Waals surface area contributed by atoms with E-state index >= 15 is 0 Å². The SMILES string of the molecule is CC1(C)CCC(C)(C)c2cc(-n3c4ccccc4c4cc(-c5ccc6c(c5)c5ccccc5n6-c5ccc(-c6ccc(-c7ccccc7)cc6)cc5)ccc43)ccc21. The van der Waals surface area contributed by atoms with Crippen LogP contribution in [0.1, 0.15) is 51.7 Å². The predicted molar refractivity (Wildman–Crippen MR) is 247 cm³/mol. The molecule has 0 saturated carbocycles. The van der Waals surface area contributed by atoms with E-state index in [0.29, 0.717) is 0 Å². The summed E-state index contributed by atoms with van der Waals surface area (Å²) in [7, 11) is 0. The van der Waals surface area contributed by atoms with Crippen molar-refractivity contribution in [2.24, 2.45) is 0 Å². The number of nitrogens with zero attached hydrogens (tertiary/aromatic N) is 2. The van der Waals surface area contributed by atoms with Crippen molar-refractivity contribution in [3.8, 4) is 44.8 Å². The molecule has 0 bridgehead atoms. The molecule has 0 fully saturated rings. The molecule has 1 aliphatic rings. The third-order valence-electron chi connectivity index (χ3n) is 13.2. The van der Waals surface area contributed by atoms with Crippen LogP contribution in [-0.4, -0.2) is 9.13 Å². The van der Waals surface area contributed by atoms with Crippen molar-refractivity contribution in [3.63, 3.8) is 0 Å². The van der Waals surface area contributed by atoms with Gasteiger partial charge >= 0.3 is 0 Å². The average Bonchev–Trinajstić information content (AvgIpc) is 3.78. The average molecular weight is 747 g/mol. The molecule has 8 aromatic carbocycles. The van der Waals surface area contributed by atoms with Crippen LogP contribution in [0.25, 0.3) is 88.4 Å². The van der Waals surface area contributed by atoms with Gasteiger partial charge in [-0.2, -0.15) is 0 Å². The summed E-state index contributed by atoms with van der Waals surface area (Å²) in [5, 5.41) is 5.08. The van der Waals surface area contributed by atoms with E-state index < -0.39 is 0 Å². The van der Waals surface area contributed by atoms with Gasteiger partial charge in [-0.3, -0.25) is 0 Å². The Morgan fingerprint density at radius 3 is 1.26 bits per heavy atom. The summed E-state index contributed by atoms with van der Waals surface area (Å²) in [6, 6.07) is 67.5. The van der Waals surface area contributed by atoms with Crippen LogP contribution in [0.2, 0.25) is 0 Å². The van der Waals surface area contributed by atoms with E-state index in [1.807, 2.05) is 0 Å². The topological polar surface area (TPSA) is 9.86 Å². The van der Waals surface area contributed by atoms with Crippen molar-refractivity contribution in [2.45, 2.75) is 51.4 Å². The molecule has 0 unspecified atom stereocenters. The van der Waals surface area contributed by atoms with Gasteiger partial charge in [0, 0.05) is 32.9 Å². The van der Waals surface area contributed by atoms with Crippen LogP contribution in [0.3, 0.4) is 0 Å². The fourth-order valence-corrected chi connectivity index (χ4v) is 9.87. The molecule has 1 aliphatic carbocycles. The summed E-state index contributed by atoms with van der Waals surface area (Å²) in [5.74, 6) is 0. The van der Waals surface area contributed by atoms with Gasteiger partial charge < -0.3 is 9.13 Å². The Kier molecular flexibility index (Phi) is 7.72. The third kappa shape index (κ3) is 5.46. The Morgan fingerprint density at radius 1 is 0.310 bits per heavy atom. The molecular weight excluding hydrogens is 701 g/mol. The highest BCUT2D eigenvalue weighted by atomic mass is 15.0. The molecule has 280 valence electrons. The summed E-state index contributed by atoms with van der Waals surface area (Å²) in [5.41, 5.74) is 18.0. The van der Waals surface area contributed by atoms with Gasteiger partial charge in [-0.15, -0.1) is 0 Å². The maximum atomic E-state index is 2.48. The van der Waals surface area contributed by atoms with Crippen LogP contribution < -0.4 is 0 Å². The fraction of sp³-hybridized carbons (Fsp3) is 0.143. The molecule has 0 amide bonds. The lowest BCUT2D eigenvalue weighted by Gasteiger charge is -2.42. The van der Waals surface area contributed by atoms with E-state index in [1.54, 1.807) is 0 Å². The van der Waals surface area contributed by atoms with Crippen molar-refractivity contribution in [2.75, 3.05) is 0 Å². The quantitative estimate of drug-likeness (QED) is 0.166. The summed E-state index contributed by atoms with van der Waals surface area (Å²) >= 11 is 0. The number of aromatic nitrogens is 2. The van der Waals surface area contributed by atoms with E-state index in [2.05, 4.69) is 219 Å². The van der Waals surface area contributed by atoms with Gasteiger partial charge in [0.2, 0.25) is 0 Å². The summed E-state index contributed by atoms with van der Waals surface area (Å²) in [4.78, 5) is 0. The van der Waals surface area contributed by atoms with Crippen molar-refractivity contribution < 1.29 is 0 Å². The molecule has 0 aliphatic heterocycles. The zero-order valence-corrected chi connectivity index (χ0v) is 33.6. The van der Waals surface area contributed by atoms with Gasteiger partial charge in [-0.25, -0.2) is 0 Å². The van der Waals surface area contributed by atoms with Crippen LogP contribution in [0.4, 0.5) is 0 Å². The first-order valence-corrected chi connectivity index (χ1v) is 20.7. The van der Waals surface area contributed by atoms with Gasteiger partial charge in [0.25, 0.3) is 0 Å². The van der Waals surface area contributed by atoms with Gasteiger partial charge in [-0.05, 0) is 129 Å². The summed E-state index contributed by atoms with van der Waals surface area (Å²) in [6.07, 6.45) is 2.42. The van der Waals surface area contributed by atoms with Crippen LogP contribution in [-0.2, 0) is 10.8 Å². The monoisotopic (exact) mass is 746 g/mol. The third-order valence-corrected chi connectivity index (χ3v) is 13.2. The fourth-order valence-electron chi connectivity index (χ4n) is 9.87. The minimum absolute atomic E-state index is 0.147. The van der Waals surface area contributed by atoms with Crippen molar-refractivity contribution in [1.82, 2.24) is 9.13 Å². The number of fused-ring (bicyclic) bond motifs is 7. The molecule has 58 heavy (non-hydrogen) atoms. The number of rotatable bonds is 5. The first kappa shape index (κ1) is 34.6. The highest BCUT2D eigenvalue weighted by Crippen LogP contribution is 2.47. The molecular formula is C56H46N2. The molecule has 2 heterocycles. The van der Waals surface area contributed by atoms with Crippen LogP contribution in [0.15, 0.2) is 182 Å². The molecule has 0 atom stereocenters. The Morgan fingerprint density at radius 2 is 0.707 bits per heavy atom. The zero-order valence-electron chi connectivity index (χ0n) is 33.6. The Hall–Kier alpha value is -6.64. The number of hydrogen-bond donors (Lipinski definition) is 0. The molecule has 0 radical (unpaired) electrons. The van der Waals surface area contributed by atoms with Crippen molar-refractivity contribution in [3.05, 3.63) is 193 Å². The van der Waals surface area contributed by atoms with Gasteiger partial charge in [0.15, 0.2) is 0 Å². The first-order chi connectivity index (χ1) is 28.2. The Bertz CT molecular complexity index is 3190. The van der Waals surface area contributed by atoms with Gasteiger partial charge in [0.05, 0.1) is 22.1 Å². The lowest BCUT2D eigenvalue weighted by Crippen LogP contribution is -2.33. The molecule has 11 rings (SSSR count). The number of hydrogen-bond acceptors (Lipinski definition) is 0. The molecule has 2 aromatic heterocycles. The van der Waals surface area contributed by atoms with Gasteiger partial charge in [-0.1, -0.05) is 149 Å². The Labute approximate surface area is 340 Å². The smallest absolute Gasteiger partial charge is 0.0541 e. The first-order valence-electron chi connectivity index (χ1n) is 20.7. The molecule has 2 heteroatoms. The Balaban J connectivity index is 0.983. The predicted octanol–water partition coefficient (Wildman–Crippen LogP) is 15.2. The zero-order chi connectivity index (χ0) is 39.2. The second kappa shape index (κ2) is 12.9. The van der Waals surface area contributed by atoms with Crippen molar-refractivity contribution in [1.29, 1.82) is 0 Å². The largest absolute Gasteiger partial charge is 0.309 e. The van der Waals surface area contributed by atoms with Crippen LogP contribution in [0, 0.1) is 0 Å². The normalized spacial score (nSPS) is 14.7. The molecule has 10 aromatic rings. The highest BCUT2D eigenvalue weighted by molar-refractivity contribution is 6.12. The minimum atomic E-state index is 0.147. The lowest BCUT2D eigenvalue weighted by molar-refractivity contribution is 0.332. The number of benzene rings is 8. The minimum Gasteiger partial charge on any atom is -0.309 e. The highest BCUT2D eigenvalue weighted by Gasteiger charge is 2.37. The second-order valence-electron chi connectivity index (χ2n) is 17.7. The maximum Gasteiger partial charge on any atom is 0.0541 e.